The lowest BCUT2D eigenvalue weighted by molar-refractivity contribution is 0.0785. The van der Waals surface area contributed by atoms with E-state index in [1.54, 1.807) is 31.2 Å². The quantitative estimate of drug-likeness (QED) is 0.763. The number of hydrogen-bond acceptors (Lipinski definition) is 4. The van der Waals surface area contributed by atoms with Gasteiger partial charge in [-0.1, -0.05) is 12.1 Å². The normalized spacial score (nSPS) is 14.9. The molecular formula is C20H24N2O4S. The van der Waals surface area contributed by atoms with Gasteiger partial charge in [0.2, 0.25) is 10.0 Å². The molecule has 0 atom stereocenters. The van der Waals surface area contributed by atoms with E-state index in [1.165, 1.54) is 16.4 Å². The first-order valence-corrected chi connectivity index (χ1v) is 10.3. The Morgan fingerprint density at radius 3 is 2.19 bits per heavy atom. The number of benzene rings is 2. The fourth-order valence-corrected chi connectivity index (χ4v) is 4.66. The lowest BCUT2D eigenvalue weighted by Crippen LogP contribution is -2.28. The molecule has 0 aromatic heterocycles. The molecule has 27 heavy (non-hydrogen) atoms. The summed E-state index contributed by atoms with van der Waals surface area (Å²) >= 11 is 0. The highest BCUT2D eigenvalue weighted by molar-refractivity contribution is 7.89. The van der Waals surface area contributed by atoms with Crippen molar-refractivity contribution in [2.45, 2.75) is 24.3 Å². The minimum atomic E-state index is -3.46. The molecule has 6 nitrogen and oxygen atoms in total. The molecule has 1 saturated heterocycles. The number of amides is 1. The SMILES string of the molecule is COc1ccc(CN(C)C(=O)c2ccc(S(=O)(=O)N3CCCC3)cc2)cc1. The summed E-state index contributed by atoms with van der Waals surface area (Å²) in [6.07, 6.45) is 1.79. The van der Waals surface area contributed by atoms with Crippen LogP contribution in [0, 0.1) is 0 Å². The van der Waals surface area contributed by atoms with Crippen molar-refractivity contribution >= 4 is 15.9 Å². The van der Waals surface area contributed by atoms with Gasteiger partial charge in [0.05, 0.1) is 12.0 Å². The highest BCUT2D eigenvalue weighted by atomic mass is 32.2. The first kappa shape index (κ1) is 19.4. The van der Waals surface area contributed by atoms with Gasteiger partial charge in [-0.05, 0) is 54.8 Å². The van der Waals surface area contributed by atoms with Crippen molar-refractivity contribution in [3.05, 3.63) is 59.7 Å². The van der Waals surface area contributed by atoms with E-state index in [4.69, 9.17) is 4.74 Å². The maximum Gasteiger partial charge on any atom is 0.253 e. The molecule has 1 amide bonds. The van der Waals surface area contributed by atoms with Crippen LogP contribution in [0.15, 0.2) is 53.4 Å². The summed E-state index contributed by atoms with van der Waals surface area (Å²) in [6.45, 7) is 1.58. The number of ether oxygens (including phenoxy) is 1. The fraction of sp³-hybridized carbons (Fsp3) is 0.350. The summed E-state index contributed by atoms with van der Waals surface area (Å²) in [5, 5.41) is 0. The van der Waals surface area contributed by atoms with Crippen molar-refractivity contribution in [1.29, 1.82) is 0 Å². The molecule has 1 heterocycles. The number of methoxy groups -OCH3 is 1. The molecule has 0 aliphatic carbocycles. The molecule has 0 bridgehead atoms. The molecule has 0 radical (unpaired) electrons. The monoisotopic (exact) mass is 388 g/mol. The Morgan fingerprint density at radius 2 is 1.63 bits per heavy atom. The zero-order chi connectivity index (χ0) is 19.4. The van der Waals surface area contributed by atoms with Gasteiger partial charge in [-0.25, -0.2) is 8.42 Å². The molecule has 2 aromatic carbocycles. The van der Waals surface area contributed by atoms with E-state index in [9.17, 15) is 13.2 Å². The summed E-state index contributed by atoms with van der Waals surface area (Å²) in [5.74, 6) is 0.610. The van der Waals surface area contributed by atoms with Crippen LogP contribution in [0.4, 0.5) is 0 Å². The third kappa shape index (κ3) is 4.31. The summed E-state index contributed by atoms with van der Waals surface area (Å²) in [4.78, 5) is 14.5. The largest absolute Gasteiger partial charge is 0.497 e. The highest BCUT2D eigenvalue weighted by Crippen LogP contribution is 2.21. The maximum atomic E-state index is 12.6. The second-order valence-corrected chi connectivity index (χ2v) is 8.58. The second-order valence-electron chi connectivity index (χ2n) is 6.64. The number of rotatable bonds is 6. The molecule has 3 rings (SSSR count). The lowest BCUT2D eigenvalue weighted by atomic mass is 10.1. The van der Waals surface area contributed by atoms with E-state index in [0.29, 0.717) is 25.2 Å². The molecule has 144 valence electrons. The average Bonchev–Trinajstić information content (AvgIpc) is 3.24. The zero-order valence-electron chi connectivity index (χ0n) is 15.6. The van der Waals surface area contributed by atoms with Crippen LogP contribution in [-0.4, -0.2) is 50.8 Å². The summed E-state index contributed by atoms with van der Waals surface area (Å²) in [5.41, 5.74) is 1.45. The van der Waals surface area contributed by atoms with Crippen molar-refractivity contribution in [1.82, 2.24) is 9.21 Å². The predicted octanol–water partition coefficient (Wildman–Crippen LogP) is 2.75. The number of sulfonamides is 1. The number of nitrogens with zero attached hydrogens (tertiary/aromatic N) is 2. The van der Waals surface area contributed by atoms with Gasteiger partial charge >= 0.3 is 0 Å². The van der Waals surface area contributed by atoms with Crippen molar-refractivity contribution in [2.75, 3.05) is 27.2 Å². The zero-order valence-corrected chi connectivity index (χ0v) is 16.4. The van der Waals surface area contributed by atoms with E-state index in [1.807, 2.05) is 24.3 Å². The predicted molar refractivity (Wildman–Crippen MR) is 103 cm³/mol. The van der Waals surface area contributed by atoms with Crippen LogP contribution in [0.2, 0.25) is 0 Å². The van der Waals surface area contributed by atoms with Gasteiger partial charge in [0.15, 0.2) is 0 Å². The molecule has 1 fully saturated rings. The van der Waals surface area contributed by atoms with Gasteiger partial charge in [-0.2, -0.15) is 4.31 Å². The van der Waals surface area contributed by atoms with Crippen molar-refractivity contribution < 1.29 is 17.9 Å². The number of hydrogen-bond donors (Lipinski definition) is 0. The minimum absolute atomic E-state index is 0.157. The van der Waals surface area contributed by atoms with Crippen LogP contribution in [0.3, 0.4) is 0 Å². The summed E-state index contributed by atoms with van der Waals surface area (Å²) in [7, 11) is -0.127. The van der Waals surface area contributed by atoms with Crippen LogP contribution in [-0.2, 0) is 16.6 Å². The standard InChI is InChI=1S/C20H24N2O4S/c1-21(15-16-5-9-18(26-2)10-6-16)20(23)17-7-11-19(12-8-17)27(24,25)22-13-3-4-14-22/h5-12H,3-4,13-15H2,1-2H3. The van der Waals surface area contributed by atoms with Gasteiger partial charge in [0.1, 0.15) is 5.75 Å². The molecule has 1 aliphatic heterocycles. The van der Waals surface area contributed by atoms with Gasteiger partial charge < -0.3 is 9.64 Å². The van der Waals surface area contributed by atoms with E-state index in [2.05, 4.69) is 0 Å². The van der Waals surface area contributed by atoms with Crippen LogP contribution in [0.25, 0.3) is 0 Å². The lowest BCUT2D eigenvalue weighted by Gasteiger charge is -2.18. The fourth-order valence-electron chi connectivity index (χ4n) is 3.14. The summed E-state index contributed by atoms with van der Waals surface area (Å²) < 4.78 is 31.8. The molecule has 0 N–H and O–H groups in total. The highest BCUT2D eigenvalue weighted by Gasteiger charge is 2.27. The number of carbonyl (C=O) groups excluding carboxylic acids is 1. The smallest absolute Gasteiger partial charge is 0.253 e. The Labute approximate surface area is 160 Å². The Bertz CT molecular complexity index is 887. The minimum Gasteiger partial charge on any atom is -0.497 e. The summed E-state index contributed by atoms with van der Waals surface area (Å²) in [6, 6.07) is 13.7. The van der Waals surface area contributed by atoms with E-state index in [-0.39, 0.29) is 10.8 Å². The van der Waals surface area contributed by atoms with E-state index in [0.717, 1.165) is 24.2 Å². The van der Waals surface area contributed by atoms with Crippen LogP contribution >= 0.6 is 0 Å². The van der Waals surface area contributed by atoms with Crippen LogP contribution < -0.4 is 4.74 Å². The van der Waals surface area contributed by atoms with E-state index >= 15 is 0 Å². The first-order valence-electron chi connectivity index (χ1n) is 8.90. The first-order chi connectivity index (χ1) is 12.9. The molecule has 0 saturated carbocycles. The van der Waals surface area contributed by atoms with Gasteiger partial charge in [-0.3, -0.25) is 4.79 Å². The van der Waals surface area contributed by atoms with Gasteiger partial charge in [-0.15, -0.1) is 0 Å². The maximum absolute atomic E-state index is 12.6. The average molecular weight is 388 g/mol. The van der Waals surface area contributed by atoms with Gasteiger partial charge in [0, 0.05) is 32.2 Å². The van der Waals surface area contributed by atoms with E-state index < -0.39 is 10.0 Å². The third-order valence-corrected chi connectivity index (χ3v) is 6.64. The van der Waals surface area contributed by atoms with Crippen LogP contribution in [0.1, 0.15) is 28.8 Å². The molecule has 7 heteroatoms. The Balaban J connectivity index is 1.69. The Kier molecular flexibility index (Phi) is 5.82. The molecule has 2 aromatic rings. The molecular weight excluding hydrogens is 364 g/mol. The molecule has 0 unspecified atom stereocenters. The molecule has 0 spiro atoms. The van der Waals surface area contributed by atoms with Gasteiger partial charge in [0.25, 0.3) is 5.91 Å². The van der Waals surface area contributed by atoms with Crippen molar-refractivity contribution in [3.63, 3.8) is 0 Å². The van der Waals surface area contributed by atoms with Crippen molar-refractivity contribution in [3.8, 4) is 5.75 Å². The third-order valence-electron chi connectivity index (χ3n) is 4.73. The Morgan fingerprint density at radius 1 is 1.04 bits per heavy atom. The van der Waals surface area contributed by atoms with Crippen molar-refractivity contribution in [2.24, 2.45) is 0 Å². The second kappa shape index (κ2) is 8.10. The van der Waals surface area contributed by atoms with Crippen LogP contribution in [0.5, 0.6) is 5.75 Å². The Hall–Kier alpha value is -2.38. The molecule has 1 aliphatic rings. The number of carbonyl (C=O) groups is 1. The topological polar surface area (TPSA) is 66.9 Å².